The van der Waals surface area contributed by atoms with E-state index in [1.165, 1.54) is 22.9 Å². The molecule has 1 aliphatic rings. The first-order chi connectivity index (χ1) is 15.6. The summed E-state index contributed by atoms with van der Waals surface area (Å²) in [5, 5.41) is 10.1. The van der Waals surface area contributed by atoms with Crippen LogP contribution in [0.1, 0.15) is 18.1 Å². The number of aryl methyl sites for hydroxylation is 1. The van der Waals surface area contributed by atoms with Gasteiger partial charge in [-0.2, -0.15) is 0 Å². The van der Waals surface area contributed by atoms with E-state index in [-0.39, 0.29) is 11.2 Å². The van der Waals surface area contributed by atoms with Gasteiger partial charge in [0, 0.05) is 25.0 Å². The summed E-state index contributed by atoms with van der Waals surface area (Å²) in [5.41, 5.74) is 5.07. The van der Waals surface area contributed by atoms with Gasteiger partial charge >= 0.3 is 0 Å². The van der Waals surface area contributed by atoms with E-state index >= 15 is 0 Å². The highest BCUT2D eigenvalue weighted by atomic mass is 32.2. The number of aromatic nitrogens is 4. The summed E-state index contributed by atoms with van der Waals surface area (Å²) in [4.78, 5) is 19.5. The minimum atomic E-state index is -0.290. The average molecular weight is 448 g/mol. The molecule has 1 fully saturated rings. The van der Waals surface area contributed by atoms with Crippen molar-refractivity contribution >= 4 is 39.7 Å². The van der Waals surface area contributed by atoms with E-state index in [0.717, 1.165) is 22.1 Å². The Kier molecular flexibility index (Phi) is 5.80. The topological polar surface area (TPSA) is 73.1 Å². The van der Waals surface area contributed by atoms with Crippen molar-refractivity contribution in [3.63, 3.8) is 0 Å². The van der Waals surface area contributed by atoms with Crippen LogP contribution in [0.15, 0.2) is 53.7 Å². The van der Waals surface area contributed by atoms with Crippen LogP contribution >= 0.6 is 11.8 Å². The molecule has 3 heterocycles. The van der Waals surface area contributed by atoms with Crippen molar-refractivity contribution < 1.29 is 9.53 Å². The normalized spacial score (nSPS) is 15.4. The molecule has 0 radical (unpaired) electrons. The third-order valence-electron chi connectivity index (χ3n) is 5.73. The number of benzene rings is 2. The van der Waals surface area contributed by atoms with Crippen LogP contribution in [0.5, 0.6) is 0 Å². The molecular formula is C24H25N5O2S. The maximum Gasteiger partial charge on any atom is 0.236 e. The van der Waals surface area contributed by atoms with Gasteiger partial charge in [0.25, 0.3) is 0 Å². The number of para-hydroxylation sites is 1. The van der Waals surface area contributed by atoms with E-state index in [2.05, 4.69) is 58.1 Å². The van der Waals surface area contributed by atoms with Gasteiger partial charge in [-0.25, -0.2) is 4.98 Å². The molecule has 1 atom stereocenters. The predicted molar refractivity (Wildman–Crippen MR) is 126 cm³/mol. The number of nitrogens with zero attached hydrogens (tertiary/aromatic N) is 5. The fourth-order valence-electron chi connectivity index (χ4n) is 4.14. The van der Waals surface area contributed by atoms with Gasteiger partial charge in [0.15, 0.2) is 5.65 Å². The quantitative estimate of drug-likeness (QED) is 0.435. The molecule has 1 amide bonds. The molecule has 32 heavy (non-hydrogen) atoms. The Morgan fingerprint density at radius 3 is 2.75 bits per heavy atom. The van der Waals surface area contributed by atoms with Crippen LogP contribution < -0.4 is 0 Å². The van der Waals surface area contributed by atoms with Crippen molar-refractivity contribution in [1.29, 1.82) is 0 Å². The molecule has 1 unspecified atom stereocenters. The second-order valence-electron chi connectivity index (χ2n) is 8.06. The number of rotatable bonds is 5. The van der Waals surface area contributed by atoms with Gasteiger partial charge in [-0.05, 0) is 25.5 Å². The first-order valence-electron chi connectivity index (χ1n) is 10.8. The van der Waals surface area contributed by atoms with Gasteiger partial charge in [0.2, 0.25) is 11.1 Å². The van der Waals surface area contributed by atoms with Crippen LogP contribution in [-0.2, 0) is 16.1 Å². The maximum absolute atomic E-state index is 12.8. The number of carbonyl (C=O) groups is 1. The van der Waals surface area contributed by atoms with Crippen molar-refractivity contribution in [2.45, 2.75) is 30.8 Å². The highest BCUT2D eigenvalue weighted by Gasteiger charge is 2.25. The van der Waals surface area contributed by atoms with Crippen LogP contribution in [0.4, 0.5) is 0 Å². The third-order valence-corrected chi connectivity index (χ3v) is 6.67. The Bertz CT molecular complexity index is 1280. The zero-order valence-electron chi connectivity index (χ0n) is 18.2. The van der Waals surface area contributed by atoms with Crippen molar-refractivity contribution in [2.75, 3.05) is 26.3 Å². The Labute approximate surface area is 190 Å². The highest BCUT2D eigenvalue weighted by Crippen LogP contribution is 2.29. The Hall–Kier alpha value is -2.97. The van der Waals surface area contributed by atoms with Crippen molar-refractivity contribution in [1.82, 2.24) is 24.6 Å². The van der Waals surface area contributed by atoms with Gasteiger partial charge < -0.3 is 14.2 Å². The summed E-state index contributed by atoms with van der Waals surface area (Å²) >= 11 is 1.36. The van der Waals surface area contributed by atoms with Crippen LogP contribution in [0.25, 0.3) is 22.1 Å². The van der Waals surface area contributed by atoms with E-state index in [1.54, 1.807) is 0 Å². The number of carbonyl (C=O) groups excluding carboxylic acids is 1. The van der Waals surface area contributed by atoms with Crippen LogP contribution in [0.3, 0.4) is 0 Å². The lowest BCUT2D eigenvalue weighted by molar-refractivity contribution is -0.134. The smallest absolute Gasteiger partial charge is 0.236 e. The lowest BCUT2D eigenvalue weighted by Crippen LogP contribution is -2.44. The molecule has 0 bridgehead atoms. The van der Waals surface area contributed by atoms with Crippen LogP contribution in [0.2, 0.25) is 0 Å². The zero-order chi connectivity index (χ0) is 22.1. The number of ether oxygens (including phenoxy) is 1. The van der Waals surface area contributed by atoms with Gasteiger partial charge in [-0.3, -0.25) is 4.79 Å². The molecule has 7 nitrogen and oxygen atoms in total. The van der Waals surface area contributed by atoms with E-state index in [1.807, 2.05) is 24.0 Å². The van der Waals surface area contributed by atoms with Crippen LogP contribution in [0, 0.1) is 6.92 Å². The van der Waals surface area contributed by atoms with E-state index in [9.17, 15) is 4.79 Å². The summed E-state index contributed by atoms with van der Waals surface area (Å²) in [6, 6.07) is 16.7. The summed E-state index contributed by atoms with van der Waals surface area (Å²) in [7, 11) is 0. The summed E-state index contributed by atoms with van der Waals surface area (Å²) in [5.74, 6) is 0.0855. The number of hydrogen-bond acceptors (Lipinski definition) is 6. The lowest BCUT2D eigenvalue weighted by atomic mass is 10.1. The molecule has 0 N–H and O–H groups in total. The first kappa shape index (κ1) is 20.9. The number of thioether (sulfide) groups is 1. The van der Waals surface area contributed by atoms with Gasteiger partial charge in [-0.1, -0.05) is 59.8 Å². The molecule has 5 rings (SSSR count). The zero-order valence-corrected chi connectivity index (χ0v) is 19.0. The summed E-state index contributed by atoms with van der Waals surface area (Å²) < 4.78 is 7.54. The van der Waals surface area contributed by atoms with E-state index < -0.39 is 0 Å². The van der Waals surface area contributed by atoms with Crippen LogP contribution in [-0.4, -0.2) is 62.1 Å². The van der Waals surface area contributed by atoms with Gasteiger partial charge in [0.1, 0.15) is 5.52 Å². The molecule has 0 aliphatic carbocycles. The Morgan fingerprint density at radius 1 is 1.12 bits per heavy atom. The minimum Gasteiger partial charge on any atom is -0.378 e. The van der Waals surface area contributed by atoms with E-state index in [4.69, 9.17) is 9.72 Å². The monoisotopic (exact) mass is 447 g/mol. The molecule has 2 aromatic carbocycles. The Morgan fingerprint density at radius 2 is 1.94 bits per heavy atom. The first-order valence-corrected chi connectivity index (χ1v) is 11.7. The summed E-state index contributed by atoms with van der Waals surface area (Å²) in [6.07, 6.45) is 0. The molecule has 1 aliphatic heterocycles. The molecule has 4 aromatic rings. The van der Waals surface area contributed by atoms with Gasteiger partial charge in [-0.15, -0.1) is 10.2 Å². The van der Waals surface area contributed by atoms with Crippen molar-refractivity contribution in [2.24, 2.45) is 0 Å². The third kappa shape index (κ3) is 4.08. The maximum atomic E-state index is 12.8. The minimum absolute atomic E-state index is 0.0855. The Balaban J connectivity index is 1.49. The molecule has 8 heteroatoms. The number of amides is 1. The molecule has 1 saturated heterocycles. The fourth-order valence-corrected chi connectivity index (χ4v) is 4.93. The molecule has 0 saturated carbocycles. The highest BCUT2D eigenvalue weighted by molar-refractivity contribution is 8.00. The largest absolute Gasteiger partial charge is 0.378 e. The van der Waals surface area contributed by atoms with Crippen molar-refractivity contribution in [3.8, 4) is 0 Å². The lowest BCUT2D eigenvalue weighted by Gasteiger charge is -2.28. The SMILES string of the molecule is Cc1cccc(Cn2c3ccccc3c3nnc(SC(C)C(=O)N4CCOCC4)nc32)c1. The van der Waals surface area contributed by atoms with E-state index in [0.29, 0.717) is 38.0 Å². The molecular weight excluding hydrogens is 422 g/mol. The molecule has 164 valence electrons. The number of hydrogen-bond donors (Lipinski definition) is 0. The second kappa shape index (κ2) is 8.88. The standard InChI is InChI=1S/C24H25N5O2S/c1-16-6-5-7-18(14-16)15-29-20-9-4-3-8-19(20)21-22(29)25-24(27-26-21)32-17(2)23(30)28-10-12-31-13-11-28/h3-9,14,17H,10-13,15H2,1-2H3. The van der Waals surface area contributed by atoms with Gasteiger partial charge in [0.05, 0.1) is 24.0 Å². The van der Waals surface area contributed by atoms with Crippen molar-refractivity contribution in [3.05, 3.63) is 59.7 Å². The molecule has 0 spiro atoms. The second-order valence-corrected chi connectivity index (χ2v) is 9.36. The predicted octanol–water partition coefficient (Wildman–Crippen LogP) is 3.68. The average Bonchev–Trinajstić information content (AvgIpc) is 3.12. The number of fused-ring (bicyclic) bond motifs is 3. The molecule has 2 aromatic heterocycles. The fraction of sp³-hybridized carbons (Fsp3) is 0.333. The summed E-state index contributed by atoms with van der Waals surface area (Å²) in [6.45, 7) is 7.13. The number of morpholine rings is 1.